The molecule has 1 amide bonds. The van der Waals surface area contributed by atoms with Crippen LogP contribution in [0.5, 0.6) is 11.5 Å². The molecule has 1 aliphatic heterocycles. The quantitative estimate of drug-likeness (QED) is 0.661. The normalized spacial score (nSPS) is 24.3. The van der Waals surface area contributed by atoms with Gasteiger partial charge in [0.15, 0.2) is 11.5 Å². The number of rotatable bonds is 5. The third kappa shape index (κ3) is 3.83. The predicted molar refractivity (Wildman–Crippen MR) is 126 cm³/mol. The van der Waals surface area contributed by atoms with E-state index >= 15 is 0 Å². The van der Waals surface area contributed by atoms with Crippen LogP contribution in [0.2, 0.25) is 0 Å². The van der Waals surface area contributed by atoms with E-state index in [4.69, 9.17) is 9.47 Å². The van der Waals surface area contributed by atoms with Crippen molar-refractivity contribution in [1.82, 2.24) is 9.47 Å². The maximum Gasteiger partial charge on any atom is 0.271 e. The summed E-state index contributed by atoms with van der Waals surface area (Å²) >= 11 is 0. The summed E-state index contributed by atoms with van der Waals surface area (Å²) in [5.74, 6) is 1.85. The molecule has 0 radical (unpaired) electrons. The molecule has 1 aliphatic carbocycles. The Kier molecular flexibility index (Phi) is 5.89. The van der Waals surface area contributed by atoms with Gasteiger partial charge < -0.3 is 14.4 Å². The Morgan fingerprint density at radius 3 is 2.59 bits per heavy atom. The van der Waals surface area contributed by atoms with E-state index in [1.165, 1.54) is 10.6 Å². The highest BCUT2D eigenvalue weighted by atomic mass is 16.5. The molecule has 2 aliphatic rings. The van der Waals surface area contributed by atoms with Crippen molar-refractivity contribution in [2.45, 2.75) is 39.7 Å². The Balaban J connectivity index is 1.82. The average molecular weight is 437 g/mol. The van der Waals surface area contributed by atoms with Crippen LogP contribution in [-0.2, 0) is 4.79 Å². The number of para-hydroxylation sites is 1. The van der Waals surface area contributed by atoms with Crippen LogP contribution in [-0.4, -0.2) is 42.2 Å². The number of likely N-dealkylation sites (tertiary alicyclic amines) is 1. The van der Waals surface area contributed by atoms with Crippen molar-refractivity contribution in [3.63, 3.8) is 0 Å². The van der Waals surface area contributed by atoms with Gasteiger partial charge in [-0.1, -0.05) is 39.0 Å². The second-order valence-electron chi connectivity index (χ2n) is 9.63. The zero-order valence-corrected chi connectivity index (χ0v) is 19.5. The van der Waals surface area contributed by atoms with Crippen LogP contribution in [0.25, 0.3) is 11.8 Å². The van der Waals surface area contributed by atoms with Crippen molar-refractivity contribution >= 4 is 17.7 Å². The third-order valence-electron chi connectivity index (χ3n) is 7.34. The van der Waals surface area contributed by atoms with E-state index in [1.54, 1.807) is 44.7 Å². The van der Waals surface area contributed by atoms with Crippen LogP contribution < -0.4 is 15.0 Å². The second-order valence-corrected chi connectivity index (χ2v) is 9.63. The monoisotopic (exact) mass is 436 g/mol. The Morgan fingerprint density at radius 2 is 1.91 bits per heavy atom. The minimum Gasteiger partial charge on any atom is -0.493 e. The molecule has 1 saturated carbocycles. The summed E-state index contributed by atoms with van der Waals surface area (Å²) in [6, 6.07) is 10.6. The van der Waals surface area contributed by atoms with Gasteiger partial charge >= 0.3 is 0 Å². The molecule has 0 spiro atoms. The molecule has 32 heavy (non-hydrogen) atoms. The Morgan fingerprint density at radius 1 is 1.12 bits per heavy atom. The molecule has 2 bridgehead atoms. The summed E-state index contributed by atoms with van der Waals surface area (Å²) in [6.07, 6.45) is 5.52. The Bertz CT molecular complexity index is 1100. The van der Waals surface area contributed by atoms with Crippen LogP contribution in [0.1, 0.15) is 39.2 Å². The van der Waals surface area contributed by atoms with Gasteiger partial charge in [-0.2, -0.15) is 0 Å². The van der Waals surface area contributed by atoms with Gasteiger partial charge in [0.05, 0.1) is 14.2 Å². The van der Waals surface area contributed by atoms with Gasteiger partial charge in [0.25, 0.3) is 11.5 Å². The first-order valence-corrected chi connectivity index (χ1v) is 11.2. The van der Waals surface area contributed by atoms with Crippen molar-refractivity contribution in [3.8, 4) is 11.5 Å². The number of hydrogen-bond donors (Lipinski definition) is 0. The first-order chi connectivity index (χ1) is 15.3. The van der Waals surface area contributed by atoms with E-state index in [1.807, 2.05) is 17.0 Å². The van der Waals surface area contributed by atoms with Crippen LogP contribution in [0.4, 0.5) is 0 Å². The second kappa shape index (κ2) is 8.49. The molecule has 3 atom stereocenters. The lowest BCUT2D eigenvalue weighted by atomic mass is 9.65. The molecule has 6 heteroatoms. The van der Waals surface area contributed by atoms with Crippen molar-refractivity contribution < 1.29 is 14.3 Å². The first kappa shape index (κ1) is 22.2. The number of methoxy groups -OCH3 is 2. The number of carbonyl (C=O) groups is 1. The number of nitrogens with zero attached hydrogens (tertiary/aromatic N) is 2. The van der Waals surface area contributed by atoms with Crippen LogP contribution in [0.3, 0.4) is 0 Å². The Hall–Kier alpha value is -3.02. The van der Waals surface area contributed by atoms with Crippen LogP contribution in [0.15, 0.2) is 47.4 Å². The van der Waals surface area contributed by atoms with Crippen LogP contribution in [0, 0.1) is 17.3 Å². The van der Waals surface area contributed by atoms with E-state index in [0.29, 0.717) is 34.6 Å². The summed E-state index contributed by atoms with van der Waals surface area (Å²) in [4.78, 5) is 28.7. The summed E-state index contributed by atoms with van der Waals surface area (Å²) in [7, 11) is 3.14. The minimum atomic E-state index is -0.246. The fourth-order valence-electron chi connectivity index (χ4n) is 5.44. The molecule has 2 heterocycles. The molecular formula is C26H32N2O4. The van der Waals surface area contributed by atoms with Crippen molar-refractivity contribution in [2.24, 2.45) is 17.3 Å². The maximum absolute atomic E-state index is 14.0. The molecular weight excluding hydrogens is 404 g/mol. The van der Waals surface area contributed by atoms with Crippen molar-refractivity contribution in [2.75, 3.05) is 20.8 Å². The van der Waals surface area contributed by atoms with Gasteiger partial charge in [-0.05, 0) is 48.3 Å². The van der Waals surface area contributed by atoms with Gasteiger partial charge in [0, 0.05) is 30.4 Å². The summed E-state index contributed by atoms with van der Waals surface area (Å²) in [6.45, 7) is 7.57. The number of ether oxygens (including phenoxy) is 2. The van der Waals surface area contributed by atoms with Gasteiger partial charge in [-0.25, -0.2) is 0 Å². The molecule has 1 saturated heterocycles. The van der Waals surface area contributed by atoms with Crippen molar-refractivity contribution in [1.29, 1.82) is 0 Å². The lowest BCUT2D eigenvalue weighted by Crippen LogP contribution is -2.45. The molecule has 4 rings (SSSR count). The van der Waals surface area contributed by atoms with Crippen LogP contribution >= 0.6 is 0 Å². The van der Waals surface area contributed by atoms with Gasteiger partial charge in [0.1, 0.15) is 5.70 Å². The topological polar surface area (TPSA) is 60.8 Å². The van der Waals surface area contributed by atoms with Gasteiger partial charge in [-0.15, -0.1) is 0 Å². The molecule has 2 fully saturated rings. The smallest absolute Gasteiger partial charge is 0.271 e. The molecule has 3 unspecified atom stereocenters. The van der Waals surface area contributed by atoms with E-state index < -0.39 is 0 Å². The largest absolute Gasteiger partial charge is 0.493 e. The molecule has 2 aromatic rings. The number of hydrogen-bond acceptors (Lipinski definition) is 4. The zero-order chi connectivity index (χ0) is 23.0. The lowest BCUT2D eigenvalue weighted by molar-refractivity contribution is -0.127. The first-order valence-electron chi connectivity index (χ1n) is 11.2. The van der Waals surface area contributed by atoms with Gasteiger partial charge in [0.2, 0.25) is 0 Å². The standard InChI is InChI=1S/C26H32N2O4/c1-17-20-13-18(15-26(17,2)3)16-28(20)25(30)21(27-12-7-6-11-23(27)29)14-19-9-8-10-22(31-4)24(19)32-5/h6-12,14,17-18,20H,13,15-16H2,1-5H3/b21-14+. The summed E-state index contributed by atoms with van der Waals surface area (Å²) < 4.78 is 12.4. The number of pyridine rings is 1. The van der Waals surface area contributed by atoms with E-state index in [-0.39, 0.29) is 22.9 Å². The van der Waals surface area contributed by atoms with E-state index in [0.717, 1.165) is 19.4 Å². The number of aromatic nitrogens is 1. The molecule has 1 aromatic carbocycles. The molecule has 1 aromatic heterocycles. The Labute approximate surface area is 189 Å². The molecule has 6 nitrogen and oxygen atoms in total. The highest BCUT2D eigenvalue weighted by Crippen LogP contribution is 2.49. The minimum absolute atomic E-state index is 0.125. The number of carbonyl (C=O) groups excluding carboxylic acids is 1. The SMILES string of the molecule is COc1cccc(/C=C(\C(=O)N2CC3CC2C(C)C(C)(C)C3)n2ccccc2=O)c1OC. The number of amides is 1. The fourth-order valence-corrected chi connectivity index (χ4v) is 5.44. The van der Waals surface area contributed by atoms with E-state index in [9.17, 15) is 9.59 Å². The summed E-state index contributed by atoms with van der Waals surface area (Å²) in [5.41, 5.74) is 0.942. The van der Waals surface area contributed by atoms with E-state index in [2.05, 4.69) is 20.8 Å². The molecule has 170 valence electrons. The number of benzene rings is 1. The molecule has 0 N–H and O–H groups in total. The van der Waals surface area contributed by atoms with Gasteiger partial charge in [-0.3, -0.25) is 14.2 Å². The fraction of sp³-hybridized carbons (Fsp3) is 0.462. The van der Waals surface area contributed by atoms with Crippen molar-refractivity contribution in [3.05, 3.63) is 58.5 Å². The number of fused-ring (bicyclic) bond motifs is 2. The lowest BCUT2D eigenvalue weighted by Gasteiger charge is -2.42. The zero-order valence-electron chi connectivity index (χ0n) is 19.5. The predicted octanol–water partition coefficient (Wildman–Crippen LogP) is 4.15. The average Bonchev–Trinajstić information content (AvgIpc) is 3.15. The highest BCUT2D eigenvalue weighted by Gasteiger charge is 2.49. The third-order valence-corrected chi connectivity index (χ3v) is 7.34. The highest BCUT2D eigenvalue weighted by molar-refractivity contribution is 6.18. The maximum atomic E-state index is 14.0. The summed E-state index contributed by atoms with van der Waals surface area (Å²) in [5, 5.41) is 0.